The highest BCUT2D eigenvalue weighted by Crippen LogP contribution is 2.10. The Balaban J connectivity index is 2.77. The number of rotatable bonds is 4. The van der Waals surface area contributed by atoms with Crippen molar-refractivity contribution in [2.75, 3.05) is 6.54 Å². The molecule has 4 nitrogen and oxygen atoms in total. The van der Waals surface area contributed by atoms with E-state index in [-0.39, 0.29) is 18.0 Å². The van der Waals surface area contributed by atoms with Crippen LogP contribution in [0.15, 0.2) is 18.3 Å². The molecule has 0 fully saturated rings. The second kappa shape index (κ2) is 4.98. The van der Waals surface area contributed by atoms with Gasteiger partial charge < -0.3 is 15.6 Å². The van der Waals surface area contributed by atoms with Gasteiger partial charge in [-0.2, -0.15) is 0 Å². The van der Waals surface area contributed by atoms with Crippen LogP contribution in [0.5, 0.6) is 0 Å². The lowest BCUT2D eigenvalue weighted by molar-refractivity contribution is 0.0930. The van der Waals surface area contributed by atoms with Gasteiger partial charge in [-0.25, -0.2) is 0 Å². The molecule has 1 aromatic heterocycles. The molecule has 0 aliphatic carbocycles. The van der Waals surface area contributed by atoms with Gasteiger partial charge in [0.1, 0.15) is 5.69 Å². The molecule has 0 radical (unpaired) electrons. The topological polar surface area (TPSA) is 60.0 Å². The summed E-state index contributed by atoms with van der Waals surface area (Å²) in [6.07, 6.45) is 1.91. The first-order valence-electron chi connectivity index (χ1n) is 5.24. The third-order valence-electron chi connectivity index (χ3n) is 2.30. The van der Waals surface area contributed by atoms with Crippen LogP contribution in [0.3, 0.4) is 0 Å². The quantitative estimate of drug-likeness (QED) is 0.781. The number of aromatic nitrogens is 1. The second-order valence-electron chi connectivity index (χ2n) is 4.00. The average molecular weight is 209 g/mol. The molecule has 0 aliphatic heterocycles. The second-order valence-corrected chi connectivity index (χ2v) is 4.00. The summed E-state index contributed by atoms with van der Waals surface area (Å²) < 4.78 is 1.94. The van der Waals surface area contributed by atoms with E-state index in [1.165, 1.54) is 0 Å². The summed E-state index contributed by atoms with van der Waals surface area (Å²) in [7, 11) is 0. The number of amides is 1. The summed E-state index contributed by atoms with van der Waals surface area (Å²) >= 11 is 0. The predicted octanol–water partition coefficient (Wildman–Crippen LogP) is 1.15. The van der Waals surface area contributed by atoms with Crippen LogP contribution in [0, 0.1) is 0 Å². The minimum atomic E-state index is -0.0633. The summed E-state index contributed by atoms with van der Waals surface area (Å²) in [6, 6.07) is 3.99. The van der Waals surface area contributed by atoms with Crippen molar-refractivity contribution in [1.29, 1.82) is 0 Å². The highest BCUT2D eigenvalue weighted by atomic mass is 16.2. The van der Waals surface area contributed by atoms with Crippen molar-refractivity contribution in [3.8, 4) is 0 Å². The predicted molar refractivity (Wildman–Crippen MR) is 60.8 cm³/mol. The van der Waals surface area contributed by atoms with Crippen LogP contribution in [0.2, 0.25) is 0 Å². The van der Waals surface area contributed by atoms with Crippen molar-refractivity contribution in [1.82, 2.24) is 9.88 Å². The number of nitrogens with two attached hydrogens (primary N) is 1. The van der Waals surface area contributed by atoms with Gasteiger partial charge in [-0.1, -0.05) is 0 Å². The zero-order valence-electron chi connectivity index (χ0n) is 9.53. The van der Waals surface area contributed by atoms with Gasteiger partial charge in [0.15, 0.2) is 0 Å². The zero-order valence-corrected chi connectivity index (χ0v) is 9.53. The first-order chi connectivity index (χ1) is 7.06. The Morgan fingerprint density at radius 1 is 1.53 bits per heavy atom. The fourth-order valence-corrected chi connectivity index (χ4v) is 1.39. The molecule has 1 amide bonds. The fourth-order valence-electron chi connectivity index (χ4n) is 1.39. The fraction of sp³-hybridized carbons (Fsp3) is 0.545. The van der Waals surface area contributed by atoms with E-state index in [1.54, 1.807) is 0 Å². The van der Waals surface area contributed by atoms with Crippen molar-refractivity contribution >= 4 is 5.91 Å². The first-order valence-corrected chi connectivity index (χ1v) is 5.24. The molecule has 1 rings (SSSR count). The van der Waals surface area contributed by atoms with Crippen LogP contribution < -0.4 is 11.1 Å². The number of carbonyl (C=O) groups excluding carboxylic acids is 1. The minimum Gasteiger partial charge on any atom is -0.347 e. The van der Waals surface area contributed by atoms with Gasteiger partial charge in [-0.15, -0.1) is 0 Å². The molecule has 84 valence electrons. The molecule has 1 heterocycles. The Labute approximate surface area is 90.5 Å². The van der Waals surface area contributed by atoms with Crippen LogP contribution in [0.1, 0.15) is 37.3 Å². The highest BCUT2D eigenvalue weighted by molar-refractivity contribution is 5.93. The normalized spacial score (nSPS) is 12.9. The monoisotopic (exact) mass is 209 g/mol. The average Bonchev–Trinajstić information content (AvgIpc) is 2.65. The Morgan fingerprint density at radius 3 is 2.73 bits per heavy atom. The lowest BCUT2D eigenvalue weighted by Crippen LogP contribution is -2.38. The first kappa shape index (κ1) is 11.8. The van der Waals surface area contributed by atoms with Gasteiger partial charge in [0.25, 0.3) is 5.91 Å². The van der Waals surface area contributed by atoms with Gasteiger partial charge in [0.2, 0.25) is 0 Å². The maximum absolute atomic E-state index is 11.8. The summed E-state index contributed by atoms with van der Waals surface area (Å²) in [6.45, 7) is 6.43. The molecule has 1 unspecified atom stereocenters. The van der Waals surface area contributed by atoms with Crippen LogP contribution >= 0.6 is 0 Å². The molecule has 0 saturated heterocycles. The lowest BCUT2D eigenvalue weighted by atomic mass is 10.3. The number of hydrogen-bond acceptors (Lipinski definition) is 2. The minimum absolute atomic E-state index is 0.00742. The molecular weight excluding hydrogens is 190 g/mol. The van der Waals surface area contributed by atoms with Gasteiger partial charge in [-0.3, -0.25) is 4.79 Å². The van der Waals surface area contributed by atoms with Crippen LogP contribution in [-0.2, 0) is 0 Å². The molecule has 3 N–H and O–H groups in total. The summed E-state index contributed by atoms with van der Waals surface area (Å²) in [4.78, 5) is 11.8. The summed E-state index contributed by atoms with van der Waals surface area (Å²) in [5, 5.41) is 2.84. The standard InChI is InChI=1S/C11H19N3O/c1-8(2)14-6-4-5-10(14)11(15)13-9(3)7-12/h4-6,8-9H,7,12H2,1-3H3,(H,13,15). The number of nitrogens with zero attached hydrogens (tertiary/aromatic N) is 1. The number of nitrogens with one attached hydrogen (secondary N) is 1. The van der Waals surface area contributed by atoms with E-state index >= 15 is 0 Å². The molecule has 0 bridgehead atoms. The molecule has 15 heavy (non-hydrogen) atoms. The molecule has 0 saturated carbocycles. The van der Waals surface area contributed by atoms with E-state index in [2.05, 4.69) is 5.32 Å². The Kier molecular flexibility index (Phi) is 3.91. The smallest absolute Gasteiger partial charge is 0.268 e. The molecule has 0 spiro atoms. The van der Waals surface area contributed by atoms with Crippen molar-refractivity contribution in [2.45, 2.75) is 32.9 Å². The van der Waals surface area contributed by atoms with Gasteiger partial charge in [0.05, 0.1) is 0 Å². The number of hydrogen-bond donors (Lipinski definition) is 2. The van der Waals surface area contributed by atoms with E-state index in [4.69, 9.17) is 5.73 Å². The van der Waals surface area contributed by atoms with E-state index in [0.717, 1.165) is 0 Å². The lowest BCUT2D eigenvalue weighted by Gasteiger charge is -2.15. The molecule has 0 aromatic carbocycles. The van der Waals surface area contributed by atoms with Crippen molar-refractivity contribution in [3.05, 3.63) is 24.0 Å². The van der Waals surface area contributed by atoms with E-state index < -0.39 is 0 Å². The van der Waals surface area contributed by atoms with E-state index in [9.17, 15) is 4.79 Å². The SMILES string of the molecule is CC(CN)NC(=O)c1cccn1C(C)C. The van der Waals surface area contributed by atoms with Crippen molar-refractivity contribution in [2.24, 2.45) is 5.73 Å². The van der Waals surface area contributed by atoms with Crippen molar-refractivity contribution in [3.63, 3.8) is 0 Å². The largest absolute Gasteiger partial charge is 0.347 e. The zero-order chi connectivity index (χ0) is 11.4. The maximum atomic E-state index is 11.8. The van der Waals surface area contributed by atoms with E-state index in [0.29, 0.717) is 12.2 Å². The van der Waals surface area contributed by atoms with Crippen molar-refractivity contribution < 1.29 is 4.79 Å². The maximum Gasteiger partial charge on any atom is 0.268 e. The summed E-state index contributed by atoms with van der Waals surface area (Å²) in [5.41, 5.74) is 6.14. The third kappa shape index (κ3) is 2.83. The summed E-state index contributed by atoms with van der Waals surface area (Å²) in [5.74, 6) is -0.0633. The van der Waals surface area contributed by atoms with Crippen LogP contribution in [-0.4, -0.2) is 23.1 Å². The Bertz CT molecular complexity index is 330. The van der Waals surface area contributed by atoms with Crippen LogP contribution in [0.25, 0.3) is 0 Å². The van der Waals surface area contributed by atoms with E-state index in [1.807, 2.05) is 43.7 Å². The Morgan fingerprint density at radius 2 is 2.20 bits per heavy atom. The Hall–Kier alpha value is -1.29. The van der Waals surface area contributed by atoms with Gasteiger partial charge >= 0.3 is 0 Å². The number of carbonyl (C=O) groups is 1. The molecular formula is C11H19N3O. The van der Waals surface area contributed by atoms with Gasteiger partial charge in [-0.05, 0) is 32.9 Å². The molecule has 0 aliphatic rings. The van der Waals surface area contributed by atoms with Gasteiger partial charge in [0, 0.05) is 24.8 Å². The third-order valence-corrected chi connectivity index (χ3v) is 2.30. The highest BCUT2D eigenvalue weighted by Gasteiger charge is 2.13. The van der Waals surface area contributed by atoms with Crippen LogP contribution in [0.4, 0.5) is 0 Å². The molecule has 1 atom stereocenters. The molecule has 4 heteroatoms. The molecule has 1 aromatic rings.